The van der Waals surface area contributed by atoms with Crippen LogP contribution in [0.1, 0.15) is 54.9 Å². The lowest BCUT2D eigenvalue weighted by molar-refractivity contribution is -0.144. The molecule has 0 bridgehead atoms. The van der Waals surface area contributed by atoms with Crippen molar-refractivity contribution in [3.05, 3.63) is 0 Å². The average Bonchev–Trinajstić information content (AvgIpc) is 1.94. The molecule has 2 nitrogen and oxygen atoms in total. The Morgan fingerprint density at radius 1 is 1.07 bits per heavy atom. The quantitative estimate of drug-likeness (QED) is 0.669. The lowest BCUT2D eigenvalue weighted by Gasteiger charge is -2.39. The van der Waals surface area contributed by atoms with Crippen molar-refractivity contribution in [3.63, 3.8) is 0 Å². The molecule has 0 aliphatic heterocycles. The molecule has 0 atom stereocenters. The molecule has 14 heavy (non-hydrogen) atoms. The molecular weight excluding hydrogens is 174 g/mol. The average molecular weight is 199 g/mol. The number of hydrogen-bond donors (Lipinski definition) is 0. The summed E-state index contributed by atoms with van der Waals surface area (Å²) < 4.78 is 0. The Labute approximate surface area is 88.7 Å². The molecule has 0 unspecified atom stereocenters. The zero-order chi connectivity index (χ0) is 11.6. The Kier molecular flexibility index (Phi) is 4.16. The van der Waals surface area contributed by atoms with E-state index in [0.717, 1.165) is 13.0 Å². The highest BCUT2D eigenvalue weighted by Crippen LogP contribution is 2.23. The molecule has 1 amide bonds. The van der Waals surface area contributed by atoms with E-state index in [1.54, 1.807) is 0 Å². The van der Waals surface area contributed by atoms with Gasteiger partial charge in [0.15, 0.2) is 0 Å². The third kappa shape index (κ3) is 3.69. The number of rotatable bonds is 2. The van der Waals surface area contributed by atoms with Gasteiger partial charge in [-0.25, -0.2) is 0 Å². The van der Waals surface area contributed by atoms with Crippen molar-refractivity contribution < 1.29 is 4.79 Å². The molecule has 0 spiro atoms. The number of hydrogen-bond acceptors (Lipinski definition) is 1. The van der Waals surface area contributed by atoms with E-state index in [0.29, 0.717) is 0 Å². The Morgan fingerprint density at radius 3 is 1.71 bits per heavy atom. The van der Waals surface area contributed by atoms with Crippen LogP contribution in [0.15, 0.2) is 0 Å². The fourth-order valence-corrected chi connectivity index (χ4v) is 1.37. The van der Waals surface area contributed by atoms with E-state index >= 15 is 0 Å². The summed E-state index contributed by atoms with van der Waals surface area (Å²) in [5.41, 5.74) is -0.344. The summed E-state index contributed by atoms with van der Waals surface area (Å²) in [6, 6.07) is 0. The van der Waals surface area contributed by atoms with Crippen molar-refractivity contribution in [2.75, 3.05) is 6.54 Å². The van der Waals surface area contributed by atoms with Gasteiger partial charge in [0.05, 0.1) is 0 Å². The van der Waals surface area contributed by atoms with E-state index in [9.17, 15) is 4.79 Å². The van der Waals surface area contributed by atoms with Gasteiger partial charge < -0.3 is 4.90 Å². The van der Waals surface area contributed by atoms with Crippen LogP contribution in [0.4, 0.5) is 0 Å². The molecule has 0 fully saturated rings. The molecule has 0 rings (SSSR count). The van der Waals surface area contributed by atoms with Crippen LogP contribution in [0.5, 0.6) is 0 Å². The van der Waals surface area contributed by atoms with Gasteiger partial charge in [0.25, 0.3) is 0 Å². The minimum Gasteiger partial charge on any atom is -0.337 e. The first-order chi connectivity index (χ1) is 6.10. The molecule has 84 valence electrons. The fraction of sp³-hybridized carbons (Fsp3) is 0.917. The molecule has 0 aromatic rings. The third-order valence-electron chi connectivity index (χ3n) is 2.14. The van der Waals surface area contributed by atoms with Crippen molar-refractivity contribution >= 4 is 5.91 Å². The SMILES string of the molecule is CCCN(C(=O)C(C)(C)C)C(C)(C)C. The lowest BCUT2D eigenvalue weighted by atomic mass is 9.91. The monoisotopic (exact) mass is 199 g/mol. The van der Waals surface area contributed by atoms with Crippen LogP contribution >= 0.6 is 0 Å². The fourth-order valence-electron chi connectivity index (χ4n) is 1.37. The van der Waals surface area contributed by atoms with E-state index < -0.39 is 0 Å². The molecular formula is C12H25NO. The normalized spacial score (nSPS) is 12.8. The van der Waals surface area contributed by atoms with Gasteiger partial charge in [-0.3, -0.25) is 4.79 Å². The summed E-state index contributed by atoms with van der Waals surface area (Å²) in [7, 11) is 0. The van der Waals surface area contributed by atoms with Crippen LogP contribution in [0, 0.1) is 5.41 Å². The number of nitrogens with zero attached hydrogens (tertiary/aromatic N) is 1. The summed E-state index contributed by atoms with van der Waals surface area (Å²) in [6.45, 7) is 15.1. The summed E-state index contributed by atoms with van der Waals surface area (Å²) >= 11 is 0. The van der Waals surface area contributed by atoms with Crippen LogP contribution < -0.4 is 0 Å². The zero-order valence-corrected chi connectivity index (χ0v) is 10.8. The van der Waals surface area contributed by atoms with Gasteiger partial charge in [0.1, 0.15) is 0 Å². The van der Waals surface area contributed by atoms with Crippen LogP contribution in [0.3, 0.4) is 0 Å². The third-order valence-corrected chi connectivity index (χ3v) is 2.14. The first kappa shape index (κ1) is 13.5. The standard InChI is InChI=1S/C12H25NO/c1-8-9-13(12(5,6)7)10(14)11(2,3)4/h8-9H2,1-7H3. The van der Waals surface area contributed by atoms with Gasteiger partial charge in [-0.1, -0.05) is 27.7 Å². The van der Waals surface area contributed by atoms with Crippen molar-refractivity contribution in [3.8, 4) is 0 Å². The van der Waals surface area contributed by atoms with Crippen LogP contribution in [0.2, 0.25) is 0 Å². The molecule has 0 aliphatic rings. The molecule has 0 N–H and O–H groups in total. The number of carbonyl (C=O) groups is 1. The Morgan fingerprint density at radius 2 is 1.50 bits per heavy atom. The highest BCUT2D eigenvalue weighted by atomic mass is 16.2. The first-order valence-corrected chi connectivity index (χ1v) is 5.42. The van der Waals surface area contributed by atoms with E-state index in [1.807, 2.05) is 25.7 Å². The topological polar surface area (TPSA) is 20.3 Å². The maximum atomic E-state index is 12.1. The van der Waals surface area contributed by atoms with Crippen LogP contribution in [0.25, 0.3) is 0 Å². The van der Waals surface area contributed by atoms with Crippen molar-refractivity contribution in [1.82, 2.24) is 4.90 Å². The second-order valence-electron chi connectivity index (χ2n) is 5.88. The van der Waals surface area contributed by atoms with Crippen LogP contribution in [-0.2, 0) is 4.79 Å². The highest BCUT2D eigenvalue weighted by molar-refractivity contribution is 5.82. The minimum absolute atomic E-state index is 0.0691. The molecule has 0 aromatic heterocycles. The highest BCUT2D eigenvalue weighted by Gasteiger charge is 2.32. The predicted octanol–water partition coefficient (Wildman–Crippen LogP) is 3.07. The molecule has 2 heteroatoms. The predicted molar refractivity (Wildman–Crippen MR) is 61.2 cm³/mol. The molecule has 0 aromatic carbocycles. The Bertz CT molecular complexity index is 195. The smallest absolute Gasteiger partial charge is 0.228 e. The molecule has 0 radical (unpaired) electrons. The van der Waals surface area contributed by atoms with E-state index in [1.165, 1.54) is 0 Å². The Balaban J connectivity index is 4.77. The summed E-state index contributed by atoms with van der Waals surface area (Å²) in [5, 5.41) is 0. The van der Waals surface area contributed by atoms with Crippen molar-refractivity contribution in [2.24, 2.45) is 5.41 Å². The lowest BCUT2D eigenvalue weighted by Crippen LogP contribution is -2.50. The molecule has 0 saturated carbocycles. The van der Waals surface area contributed by atoms with Gasteiger partial charge in [0.2, 0.25) is 5.91 Å². The van der Waals surface area contributed by atoms with Gasteiger partial charge in [-0.15, -0.1) is 0 Å². The number of carbonyl (C=O) groups excluding carboxylic acids is 1. The molecule has 0 aliphatic carbocycles. The second kappa shape index (κ2) is 4.33. The largest absolute Gasteiger partial charge is 0.337 e. The summed E-state index contributed by atoms with van der Waals surface area (Å²) in [6.07, 6.45) is 1.01. The maximum Gasteiger partial charge on any atom is 0.228 e. The molecule has 0 saturated heterocycles. The van der Waals surface area contributed by atoms with Gasteiger partial charge in [-0.2, -0.15) is 0 Å². The molecule has 0 heterocycles. The van der Waals surface area contributed by atoms with Crippen molar-refractivity contribution in [1.29, 1.82) is 0 Å². The van der Waals surface area contributed by atoms with Gasteiger partial charge >= 0.3 is 0 Å². The van der Waals surface area contributed by atoms with E-state index in [-0.39, 0.29) is 16.9 Å². The Hall–Kier alpha value is -0.530. The summed E-state index contributed by atoms with van der Waals surface area (Å²) in [5.74, 6) is 0.242. The van der Waals surface area contributed by atoms with Crippen molar-refractivity contribution in [2.45, 2.75) is 60.4 Å². The zero-order valence-electron chi connectivity index (χ0n) is 10.8. The summed E-state index contributed by atoms with van der Waals surface area (Å²) in [4.78, 5) is 14.1. The van der Waals surface area contributed by atoms with Crippen LogP contribution in [-0.4, -0.2) is 22.9 Å². The van der Waals surface area contributed by atoms with E-state index in [4.69, 9.17) is 0 Å². The minimum atomic E-state index is -0.275. The van der Waals surface area contributed by atoms with E-state index in [2.05, 4.69) is 27.7 Å². The van der Waals surface area contributed by atoms with Gasteiger partial charge in [-0.05, 0) is 27.2 Å². The first-order valence-electron chi connectivity index (χ1n) is 5.42. The van der Waals surface area contributed by atoms with Gasteiger partial charge in [0, 0.05) is 17.5 Å². The number of amides is 1. The maximum absolute atomic E-state index is 12.1. The second-order valence-corrected chi connectivity index (χ2v) is 5.88.